The van der Waals surface area contributed by atoms with Gasteiger partial charge in [-0.1, -0.05) is 11.6 Å². The lowest BCUT2D eigenvalue weighted by Gasteiger charge is -2.10. The molecule has 1 amide bonds. The average Bonchev–Trinajstić information content (AvgIpc) is 2.62. The molecule has 0 aliphatic carbocycles. The predicted octanol–water partition coefficient (Wildman–Crippen LogP) is 3.23. The first-order valence-electron chi connectivity index (χ1n) is 7.66. The van der Waals surface area contributed by atoms with Crippen LogP contribution < -0.4 is 10.9 Å². The van der Waals surface area contributed by atoms with Crippen molar-refractivity contribution in [2.24, 2.45) is 0 Å². The summed E-state index contributed by atoms with van der Waals surface area (Å²) in [5.41, 5.74) is -0.249. The molecule has 0 atom stereocenters. The molecule has 2 heterocycles. The number of hydrogen-bond donors (Lipinski definition) is 1. The van der Waals surface area contributed by atoms with Crippen LogP contribution in [-0.4, -0.2) is 20.4 Å². The van der Waals surface area contributed by atoms with E-state index in [1.807, 2.05) is 0 Å². The summed E-state index contributed by atoms with van der Waals surface area (Å²) >= 11 is 5.76. The van der Waals surface area contributed by atoms with Crippen LogP contribution in [0.25, 0.3) is 11.0 Å². The number of carbonyl (C=O) groups is 1. The van der Waals surface area contributed by atoms with Crippen LogP contribution in [0.5, 0.6) is 0 Å². The molecule has 0 saturated heterocycles. The number of nitrogens with zero attached hydrogens (tertiary/aromatic N) is 3. The molecule has 8 nitrogen and oxygen atoms in total. The van der Waals surface area contributed by atoms with E-state index in [2.05, 4.69) is 10.3 Å². The van der Waals surface area contributed by atoms with Crippen molar-refractivity contribution in [3.8, 4) is 0 Å². The van der Waals surface area contributed by atoms with E-state index >= 15 is 0 Å². The Hall–Kier alpha value is -3.26. The maximum absolute atomic E-state index is 12.6. The van der Waals surface area contributed by atoms with E-state index in [0.29, 0.717) is 17.6 Å². The number of nitro benzene ring substituents is 1. The van der Waals surface area contributed by atoms with Crippen LogP contribution in [-0.2, 0) is 6.54 Å². The number of nitro groups is 1. The maximum atomic E-state index is 12.6. The van der Waals surface area contributed by atoms with Crippen molar-refractivity contribution in [3.63, 3.8) is 0 Å². The molecule has 9 heteroatoms. The van der Waals surface area contributed by atoms with Gasteiger partial charge < -0.3 is 5.32 Å². The summed E-state index contributed by atoms with van der Waals surface area (Å²) in [4.78, 5) is 39.7. The van der Waals surface area contributed by atoms with Gasteiger partial charge in [0, 0.05) is 29.9 Å². The molecule has 0 spiro atoms. The molecule has 3 rings (SSSR count). The van der Waals surface area contributed by atoms with Crippen molar-refractivity contribution in [3.05, 3.63) is 73.6 Å². The lowest BCUT2D eigenvalue weighted by atomic mass is 10.2. The Labute approximate surface area is 152 Å². The van der Waals surface area contributed by atoms with E-state index in [1.54, 1.807) is 25.3 Å². The number of aryl methyl sites for hydroxylation is 1. The summed E-state index contributed by atoms with van der Waals surface area (Å²) in [5.74, 6) is -0.667. The highest BCUT2D eigenvalue weighted by Gasteiger charge is 2.18. The SMILES string of the molecule is CCn1c(=O)c(C(=O)Nc2ccc(Cl)c([N+](=O)[O-])c2)cc2cccnc21. The molecule has 0 unspecified atom stereocenters. The Morgan fingerprint density at radius 2 is 2.12 bits per heavy atom. The van der Waals surface area contributed by atoms with Crippen LogP contribution in [0, 0.1) is 10.1 Å². The summed E-state index contributed by atoms with van der Waals surface area (Å²) in [5, 5.41) is 14.1. The van der Waals surface area contributed by atoms with Crippen LogP contribution in [0.2, 0.25) is 5.02 Å². The molecule has 0 bridgehead atoms. The van der Waals surface area contributed by atoms with E-state index in [-0.39, 0.29) is 22.0 Å². The number of fused-ring (bicyclic) bond motifs is 1. The fourth-order valence-corrected chi connectivity index (χ4v) is 2.78. The van der Waals surface area contributed by atoms with E-state index in [9.17, 15) is 19.7 Å². The van der Waals surface area contributed by atoms with Crippen LogP contribution >= 0.6 is 11.6 Å². The number of carbonyl (C=O) groups excluding carboxylic acids is 1. The van der Waals surface area contributed by atoms with E-state index in [4.69, 9.17) is 11.6 Å². The second kappa shape index (κ2) is 6.93. The smallest absolute Gasteiger partial charge is 0.289 e. The fraction of sp³-hybridized carbons (Fsp3) is 0.118. The van der Waals surface area contributed by atoms with Gasteiger partial charge in [-0.25, -0.2) is 4.98 Å². The van der Waals surface area contributed by atoms with E-state index < -0.39 is 16.4 Å². The highest BCUT2D eigenvalue weighted by Crippen LogP contribution is 2.27. The molecule has 0 fully saturated rings. The van der Waals surface area contributed by atoms with Crippen molar-refractivity contribution in [2.45, 2.75) is 13.5 Å². The third-order valence-corrected chi connectivity index (χ3v) is 4.13. The topological polar surface area (TPSA) is 107 Å². The second-order valence-electron chi connectivity index (χ2n) is 5.40. The number of aromatic nitrogens is 2. The highest BCUT2D eigenvalue weighted by molar-refractivity contribution is 6.32. The number of pyridine rings is 2. The van der Waals surface area contributed by atoms with Gasteiger partial charge in [-0.2, -0.15) is 0 Å². The largest absolute Gasteiger partial charge is 0.322 e. The molecule has 2 aromatic heterocycles. The first-order valence-corrected chi connectivity index (χ1v) is 8.04. The lowest BCUT2D eigenvalue weighted by molar-refractivity contribution is -0.384. The third-order valence-electron chi connectivity index (χ3n) is 3.81. The van der Waals surface area contributed by atoms with Gasteiger partial charge in [0.05, 0.1) is 4.92 Å². The number of anilines is 1. The molecule has 0 aliphatic heterocycles. The van der Waals surface area contributed by atoms with E-state index in [0.717, 1.165) is 6.07 Å². The van der Waals surface area contributed by atoms with Crippen LogP contribution in [0.4, 0.5) is 11.4 Å². The van der Waals surface area contributed by atoms with Gasteiger partial charge in [0.25, 0.3) is 17.2 Å². The minimum Gasteiger partial charge on any atom is -0.322 e. The number of hydrogen-bond acceptors (Lipinski definition) is 5. The van der Waals surface area contributed by atoms with Gasteiger partial charge >= 0.3 is 0 Å². The second-order valence-corrected chi connectivity index (χ2v) is 5.81. The van der Waals surface area contributed by atoms with Crippen LogP contribution in [0.3, 0.4) is 0 Å². The zero-order chi connectivity index (χ0) is 18.8. The number of nitrogens with one attached hydrogen (secondary N) is 1. The van der Waals surface area contributed by atoms with Gasteiger partial charge in [-0.3, -0.25) is 24.3 Å². The highest BCUT2D eigenvalue weighted by atomic mass is 35.5. The summed E-state index contributed by atoms with van der Waals surface area (Å²) in [6.07, 6.45) is 1.57. The zero-order valence-corrected chi connectivity index (χ0v) is 14.4. The van der Waals surface area contributed by atoms with Crippen molar-refractivity contribution in [1.29, 1.82) is 0 Å². The normalized spacial score (nSPS) is 10.7. The zero-order valence-electron chi connectivity index (χ0n) is 13.6. The lowest BCUT2D eigenvalue weighted by Crippen LogP contribution is -2.29. The average molecular weight is 373 g/mol. The van der Waals surface area contributed by atoms with Crippen molar-refractivity contribution in [1.82, 2.24) is 9.55 Å². The fourth-order valence-electron chi connectivity index (χ4n) is 2.59. The Bertz CT molecular complexity index is 1090. The number of benzene rings is 1. The predicted molar refractivity (Wildman–Crippen MR) is 97.7 cm³/mol. The maximum Gasteiger partial charge on any atom is 0.289 e. The quantitative estimate of drug-likeness (QED) is 0.558. The Morgan fingerprint density at radius 1 is 1.35 bits per heavy atom. The third kappa shape index (κ3) is 3.14. The minimum absolute atomic E-state index is 0.0434. The molecule has 1 aromatic carbocycles. The van der Waals surface area contributed by atoms with Gasteiger partial charge in [0.1, 0.15) is 16.2 Å². The standard InChI is InChI=1S/C17H13ClN4O4/c1-2-21-15-10(4-3-7-19-15)8-12(17(21)24)16(23)20-11-5-6-13(18)14(9-11)22(25)26/h3-9H,2H2,1H3,(H,20,23). The van der Waals surface area contributed by atoms with Crippen molar-refractivity contribution < 1.29 is 9.72 Å². The molecule has 0 aliphatic rings. The monoisotopic (exact) mass is 372 g/mol. The summed E-state index contributed by atoms with van der Waals surface area (Å²) in [6, 6.07) is 8.78. The van der Waals surface area contributed by atoms with Gasteiger partial charge in [-0.05, 0) is 37.3 Å². The number of halogens is 1. The Morgan fingerprint density at radius 3 is 2.81 bits per heavy atom. The molecule has 1 N–H and O–H groups in total. The molecular formula is C17H13ClN4O4. The first-order chi connectivity index (χ1) is 12.4. The summed E-state index contributed by atoms with van der Waals surface area (Å²) in [7, 11) is 0. The number of amides is 1. The van der Waals surface area contributed by atoms with E-state index in [1.165, 1.54) is 22.8 Å². The Kier molecular flexibility index (Phi) is 4.68. The molecule has 3 aromatic rings. The Balaban J connectivity index is 2.03. The minimum atomic E-state index is -0.667. The molecule has 0 radical (unpaired) electrons. The van der Waals surface area contributed by atoms with Gasteiger partial charge in [0.15, 0.2) is 0 Å². The van der Waals surface area contributed by atoms with Crippen molar-refractivity contribution in [2.75, 3.05) is 5.32 Å². The summed E-state index contributed by atoms with van der Waals surface area (Å²) < 4.78 is 1.40. The summed E-state index contributed by atoms with van der Waals surface area (Å²) in [6.45, 7) is 2.12. The first kappa shape index (κ1) is 17.6. The molecular weight excluding hydrogens is 360 g/mol. The molecule has 26 heavy (non-hydrogen) atoms. The number of rotatable bonds is 4. The van der Waals surface area contributed by atoms with Crippen molar-refractivity contribution >= 4 is 39.9 Å². The van der Waals surface area contributed by atoms with Crippen LogP contribution in [0.15, 0.2) is 47.4 Å². The van der Waals surface area contributed by atoms with Gasteiger partial charge in [0.2, 0.25) is 0 Å². The van der Waals surface area contributed by atoms with Gasteiger partial charge in [-0.15, -0.1) is 0 Å². The molecule has 132 valence electrons. The van der Waals surface area contributed by atoms with Crippen LogP contribution in [0.1, 0.15) is 17.3 Å². The molecule has 0 saturated carbocycles.